The van der Waals surface area contributed by atoms with Crippen LogP contribution in [0.25, 0.3) is 5.69 Å². The number of hydrogen-bond acceptors (Lipinski definition) is 7. The van der Waals surface area contributed by atoms with Gasteiger partial charge in [-0.1, -0.05) is 12.1 Å². The van der Waals surface area contributed by atoms with E-state index in [4.69, 9.17) is 9.47 Å². The summed E-state index contributed by atoms with van der Waals surface area (Å²) in [6.07, 6.45) is -3.64. The second-order valence-corrected chi connectivity index (χ2v) is 8.23. The van der Waals surface area contributed by atoms with Crippen LogP contribution in [0.15, 0.2) is 42.5 Å². The third kappa shape index (κ3) is 4.64. The summed E-state index contributed by atoms with van der Waals surface area (Å²) in [5, 5.41) is 9.78. The van der Waals surface area contributed by atoms with Gasteiger partial charge < -0.3 is 14.4 Å². The van der Waals surface area contributed by atoms with Gasteiger partial charge in [0.1, 0.15) is 11.6 Å². The number of anilines is 1. The Morgan fingerprint density at radius 1 is 1.11 bits per heavy atom. The molecule has 0 radical (unpaired) electrons. The van der Waals surface area contributed by atoms with Gasteiger partial charge in [0.25, 0.3) is 5.82 Å². The second-order valence-electron chi connectivity index (χ2n) is 8.23. The van der Waals surface area contributed by atoms with E-state index in [0.29, 0.717) is 29.0 Å². The lowest BCUT2D eigenvalue weighted by molar-refractivity contribution is -0.147. The lowest BCUT2D eigenvalue weighted by Crippen LogP contribution is -2.36. The fraction of sp³-hybridized carbons (Fsp3) is 0.391. The molecule has 186 valence electrons. The van der Waals surface area contributed by atoms with E-state index in [-0.39, 0.29) is 23.6 Å². The monoisotopic (exact) mass is 493 g/mol. The molecular formula is C23H23F4N5O3. The highest BCUT2D eigenvalue weighted by molar-refractivity contribution is 5.75. The molecule has 35 heavy (non-hydrogen) atoms. The molecule has 1 aliphatic rings. The largest absolute Gasteiger partial charge is 0.495 e. The van der Waals surface area contributed by atoms with E-state index in [1.54, 1.807) is 19.2 Å². The topological polar surface area (TPSA) is 82.4 Å². The van der Waals surface area contributed by atoms with Crippen LogP contribution in [-0.4, -0.2) is 53.5 Å². The van der Waals surface area contributed by atoms with Crippen molar-refractivity contribution in [2.45, 2.75) is 31.0 Å². The van der Waals surface area contributed by atoms with E-state index < -0.39 is 23.7 Å². The molecule has 0 amide bonds. The van der Waals surface area contributed by atoms with Gasteiger partial charge in [-0.2, -0.15) is 17.9 Å². The Labute approximate surface area is 198 Å². The van der Waals surface area contributed by atoms with Crippen LogP contribution in [0, 0.1) is 11.7 Å². The summed E-state index contributed by atoms with van der Waals surface area (Å²) in [6, 6.07) is 10.1. The van der Waals surface area contributed by atoms with Gasteiger partial charge in [-0.25, -0.2) is 4.39 Å². The van der Waals surface area contributed by atoms with Crippen LogP contribution in [0.2, 0.25) is 0 Å². The summed E-state index contributed by atoms with van der Waals surface area (Å²) in [5.74, 6) is -2.44. The Morgan fingerprint density at radius 2 is 1.83 bits per heavy atom. The van der Waals surface area contributed by atoms with E-state index in [1.807, 2.05) is 4.90 Å². The molecular weight excluding hydrogens is 470 g/mol. The Hall–Kier alpha value is -3.70. The first-order valence-electron chi connectivity index (χ1n) is 10.8. The number of likely N-dealkylation sites (N-methyl/N-ethyl adjacent to an activating group) is 1. The number of alkyl halides is 3. The standard InChI is InChI=1S/C23H23F4N5O3/c1-31(17-10-9-16(21(33)35-3)20(17)13-4-6-14(24)7-5-13)18-12-15(8-11-19(18)34-2)32-22(23(25,26)27)28-29-30-32/h4-8,11-12,16-17,20H,9-10H2,1-3H3/t16-,17-,20+/m0/s1. The summed E-state index contributed by atoms with van der Waals surface area (Å²) < 4.78 is 64.8. The average molecular weight is 493 g/mol. The first-order chi connectivity index (χ1) is 16.7. The highest BCUT2D eigenvalue weighted by atomic mass is 19.4. The van der Waals surface area contributed by atoms with Gasteiger partial charge >= 0.3 is 12.1 Å². The smallest absolute Gasteiger partial charge is 0.453 e. The molecule has 1 aromatic heterocycles. The number of halogens is 4. The normalized spacial score (nSPS) is 20.0. The number of hydrogen-bond donors (Lipinski definition) is 0. The summed E-state index contributed by atoms with van der Waals surface area (Å²) in [7, 11) is 4.54. The van der Waals surface area contributed by atoms with E-state index in [9.17, 15) is 22.4 Å². The van der Waals surface area contributed by atoms with Crippen molar-refractivity contribution in [2.24, 2.45) is 5.92 Å². The molecule has 1 aliphatic carbocycles. The summed E-state index contributed by atoms with van der Waals surface area (Å²) in [6.45, 7) is 0. The van der Waals surface area contributed by atoms with Crippen molar-refractivity contribution in [2.75, 3.05) is 26.2 Å². The molecule has 0 saturated heterocycles. The van der Waals surface area contributed by atoms with Crippen LogP contribution in [0.4, 0.5) is 23.2 Å². The number of nitrogens with zero attached hydrogens (tertiary/aromatic N) is 5. The van der Waals surface area contributed by atoms with Gasteiger partial charge in [0.05, 0.1) is 31.5 Å². The molecule has 0 unspecified atom stereocenters. The molecule has 2 aromatic carbocycles. The van der Waals surface area contributed by atoms with Crippen molar-refractivity contribution in [3.63, 3.8) is 0 Å². The zero-order valence-corrected chi connectivity index (χ0v) is 19.2. The first kappa shape index (κ1) is 24.4. The molecule has 0 bridgehead atoms. The maximum Gasteiger partial charge on any atom is 0.453 e. The van der Waals surface area contributed by atoms with Crippen LogP contribution in [0.1, 0.15) is 30.1 Å². The zero-order chi connectivity index (χ0) is 25.3. The van der Waals surface area contributed by atoms with Crippen LogP contribution in [-0.2, 0) is 15.7 Å². The summed E-state index contributed by atoms with van der Waals surface area (Å²) in [5.41, 5.74) is 1.33. The number of benzene rings is 2. The van der Waals surface area contributed by atoms with Crippen molar-refractivity contribution < 1.29 is 31.8 Å². The Bertz CT molecular complexity index is 1200. The van der Waals surface area contributed by atoms with Crippen LogP contribution in [0.3, 0.4) is 0 Å². The van der Waals surface area contributed by atoms with Crippen molar-refractivity contribution in [3.05, 3.63) is 59.7 Å². The van der Waals surface area contributed by atoms with E-state index in [0.717, 1.165) is 5.56 Å². The number of esters is 1. The van der Waals surface area contributed by atoms with E-state index in [2.05, 4.69) is 15.5 Å². The second kappa shape index (κ2) is 9.51. The van der Waals surface area contributed by atoms with Crippen LogP contribution in [0.5, 0.6) is 5.75 Å². The van der Waals surface area contributed by atoms with E-state index in [1.165, 1.54) is 44.6 Å². The Kier molecular flexibility index (Phi) is 6.64. The zero-order valence-electron chi connectivity index (χ0n) is 19.2. The molecule has 8 nitrogen and oxygen atoms in total. The number of ether oxygens (including phenoxy) is 2. The van der Waals surface area contributed by atoms with Crippen LogP contribution >= 0.6 is 0 Å². The van der Waals surface area contributed by atoms with Crippen molar-refractivity contribution in [3.8, 4) is 11.4 Å². The number of aromatic nitrogens is 4. The molecule has 1 saturated carbocycles. The SMILES string of the molecule is COC(=O)[C@H]1CC[C@H](N(C)c2cc(-n3nnnc3C(F)(F)F)ccc2OC)[C@@H]1c1ccc(F)cc1. The van der Waals surface area contributed by atoms with Gasteiger partial charge in [0.15, 0.2) is 0 Å². The minimum atomic E-state index is -4.75. The predicted octanol–water partition coefficient (Wildman–Crippen LogP) is 4.00. The minimum Gasteiger partial charge on any atom is -0.495 e. The Balaban J connectivity index is 1.76. The summed E-state index contributed by atoms with van der Waals surface area (Å²) >= 11 is 0. The highest BCUT2D eigenvalue weighted by Gasteiger charge is 2.44. The molecule has 4 rings (SSSR count). The first-order valence-corrected chi connectivity index (χ1v) is 10.8. The third-order valence-electron chi connectivity index (χ3n) is 6.39. The molecule has 0 N–H and O–H groups in total. The molecule has 0 aliphatic heterocycles. The highest BCUT2D eigenvalue weighted by Crippen LogP contribution is 2.45. The van der Waals surface area contributed by atoms with Crippen molar-refractivity contribution >= 4 is 11.7 Å². The number of tetrazole rings is 1. The lowest BCUT2D eigenvalue weighted by Gasteiger charge is -2.34. The Morgan fingerprint density at radius 3 is 2.46 bits per heavy atom. The van der Waals surface area contributed by atoms with Gasteiger partial charge in [-0.05, 0) is 59.2 Å². The summed E-state index contributed by atoms with van der Waals surface area (Å²) in [4.78, 5) is 14.4. The number of carbonyl (C=O) groups excluding carboxylic acids is 1. The number of carbonyl (C=O) groups is 1. The van der Waals surface area contributed by atoms with Gasteiger partial charge in [-0.15, -0.1) is 5.10 Å². The predicted molar refractivity (Wildman–Crippen MR) is 117 cm³/mol. The molecule has 12 heteroatoms. The molecule has 1 fully saturated rings. The van der Waals surface area contributed by atoms with Crippen molar-refractivity contribution in [1.29, 1.82) is 0 Å². The van der Waals surface area contributed by atoms with Crippen LogP contribution < -0.4 is 9.64 Å². The third-order valence-corrected chi connectivity index (χ3v) is 6.39. The molecule has 0 spiro atoms. The molecule has 3 atom stereocenters. The molecule has 3 aromatic rings. The average Bonchev–Trinajstić information content (AvgIpc) is 3.51. The number of rotatable bonds is 6. The maximum absolute atomic E-state index is 13.6. The fourth-order valence-electron chi connectivity index (χ4n) is 4.77. The van der Waals surface area contributed by atoms with Crippen molar-refractivity contribution in [1.82, 2.24) is 20.2 Å². The number of methoxy groups -OCH3 is 2. The van der Waals surface area contributed by atoms with E-state index >= 15 is 0 Å². The molecule has 1 heterocycles. The maximum atomic E-state index is 13.6. The van der Waals surface area contributed by atoms with Gasteiger partial charge in [0, 0.05) is 19.0 Å². The van der Waals surface area contributed by atoms with Gasteiger partial charge in [0.2, 0.25) is 0 Å². The lowest BCUT2D eigenvalue weighted by atomic mass is 9.86. The minimum absolute atomic E-state index is 0.0887. The van der Waals surface area contributed by atoms with Gasteiger partial charge in [-0.3, -0.25) is 4.79 Å². The fourth-order valence-corrected chi connectivity index (χ4v) is 4.77. The quantitative estimate of drug-likeness (QED) is 0.379.